The van der Waals surface area contributed by atoms with Gasteiger partial charge in [0.2, 0.25) is 5.28 Å². The Morgan fingerprint density at radius 2 is 2.07 bits per heavy atom. The van der Waals surface area contributed by atoms with E-state index in [4.69, 9.17) is 27.9 Å². The molecule has 1 heterocycles. The minimum atomic E-state index is 0.0812. The maximum atomic E-state index is 5.83. The van der Waals surface area contributed by atoms with Gasteiger partial charge in [0.15, 0.2) is 11.0 Å². The molecular formula is C8H12Cl2N4O. The van der Waals surface area contributed by atoms with E-state index in [0.29, 0.717) is 25.6 Å². The normalized spacial score (nSPS) is 10.4. The fourth-order valence-corrected chi connectivity index (χ4v) is 1.32. The van der Waals surface area contributed by atoms with Crippen molar-refractivity contribution in [2.45, 2.75) is 6.92 Å². The Kier molecular flexibility index (Phi) is 5.01. The van der Waals surface area contributed by atoms with Crippen LogP contribution in [-0.4, -0.2) is 42.0 Å². The van der Waals surface area contributed by atoms with Crippen LogP contribution in [0.2, 0.25) is 10.4 Å². The maximum absolute atomic E-state index is 5.83. The Bertz CT molecular complexity index is 324. The number of anilines is 1. The van der Waals surface area contributed by atoms with E-state index < -0.39 is 0 Å². The van der Waals surface area contributed by atoms with E-state index in [1.54, 1.807) is 0 Å². The second kappa shape index (κ2) is 6.05. The van der Waals surface area contributed by atoms with Crippen molar-refractivity contribution in [3.63, 3.8) is 0 Å². The van der Waals surface area contributed by atoms with E-state index in [1.165, 1.54) is 0 Å². The standard InChI is InChI=1S/C8H12Cl2N4O/c1-3-15-5-4-14(2)7-6(9)12-13-8(10)11-7/h3-5H2,1-2H3. The summed E-state index contributed by atoms with van der Waals surface area (Å²) in [5.41, 5.74) is 0. The van der Waals surface area contributed by atoms with E-state index in [2.05, 4.69) is 15.2 Å². The summed E-state index contributed by atoms with van der Waals surface area (Å²) >= 11 is 11.4. The van der Waals surface area contributed by atoms with Crippen molar-refractivity contribution in [2.24, 2.45) is 0 Å². The van der Waals surface area contributed by atoms with Crippen molar-refractivity contribution < 1.29 is 4.74 Å². The molecule has 0 aliphatic rings. The van der Waals surface area contributed by atoms with Crippen molar-refractivity contribution >= 4 is 29.0 Å². The molecule has 0 bridgehead atoms. The third-order valence-electron chi connectivity index (χ3n) is 1.74. The fraction of sp³-hybridized carbons (Fsp3) is 0.625. The van der Waals surface area contributed by atoms with Gasteiger partial charge in [-0.2, -0.15) is 4.98 Å². The van der Waals surface area contributed by atoms with Crippen molar-refractivity contribution in [2.75, 3.05) is 31.7 Å². The lowest BCUT2D eigenvalue weighted by molar-refractivity contribution is 0.154. The summed E-state index contributed by atoms with van der Waals surface area (Å²) in [6.07, 6.45) is 0. The number of halogens is 2. The van der Waals surface area contributed by atoms with Crippen LogP contribution < -0.4 is 4.90 Å². The third-order valence-corrected chi connectivity index (χ3v) is 2.14. The Labute approximate surface area is 98.4 Å². The number of aromatic nitrogens is 3. The van der Waals surface area contributed by atoms with Gasteiger partial charge >= 0.3 is 0 Å². The molecule has 0 aliphatic heterocycles. The summed E-state index contributed by atoms with van der Waals surface area (Å²) < 4.78 is 5.21. The van der Waals surface area contributed by atoms with Crippen molar-refractivity contribution in [1.29, 1.82) is 0 Å². The molecule has 7 heteroatoms. The second-order valence-electron chi connectivity index (χ2n) is 2.81. The summed E-state index contributed by atoms with van der Waals surface area (Å²) in [7, 11) is 1.84. The lowest BCUT2D eigenvalue weighted by Gasteiger charge is -2.17. The molecule has 0 radical (unpaired) electrons. The smallest absolute Gasteiger partial charge is 0.245 e. The van der Waals surface area contributed by atoms with Crippen LogP contribution in [0, 0.1) is 0 Å². The first kappa shape index (κ1) is 12.4. The zero-order chi connectivity index (χ0) is 11.3. The van der Waals surface area contributed by atoms with Gasteiger partial charge in [0.25, 0.3) is 0 Å². The molecule has 1 aromatic rings. The summed E-state index contributed by atoms with van der Waals surface area (Å²) in [4.78, 5) is 5.80. The van der Waals surface area contributed by atoms with Gasteiger partial charge in [-0.25, -0.2) is 0 Å². The Hall–Kier alpha value is -0.650. The van der Waals surface area contributed by atoms with Crippen LogP contribution in [0.3, 0.4) is 0 Å². The summed E-state index contributed by atoms with van der Waals surface area (Å²) in [5.74, 6) is 0.511. The van der Waals surface area contributed by atoms with Crippen molar-refractivity contribution in [1.82, 2.24) is 15.2 Å². The molecule has 0 atom stereocenters. The highest BCUT2D eigenvalue weighted by atomic mass is 35.5. The van der Waals surface area contributed by atoms with Crippen molar-refractivity contribution in [3.05, 3.63) is 10.4 Å². The lowest BCUT2D eigenvalue weighted by Crippen LogP contribution is -2.24. The minimum absolute atomic E-state index is 0.0812. The zero-order valence-electron chi connectivity index (χ0n) is 8.57. The molecular weight excluding hydrogens is 239 g/mol. The second-order valence-corrected chi connectivity index (χ2v) is 3.51. The predicted octanol–water partition coefficient (Wildman–Crippen LogP) is 1.65. The summed E-state index contributed by atoms with van der Waals surface area (Å²) in [6, 6.07) is 0. The number of ether oxygens (including phenoxy) is 1. The van der Waals surface area contributed by atoms with E-state index in [-0.39, 0.29) is 10.4 Å². The fourth-order valence-electron chi connectivity index (χ4n) is 0.980. The molecule has 0 N–H and O–H groups in total. The van der Waals surface area contributed by atoms with Crippen molar-refractivity contribution in [3.8, 4) is 0 Å². The first-order chi connectivity index (χ1) is 7.15. The van der Waals surface area contributed by atoms with Gasteiger partial charge in [0.05, 0.1) is 6.61 Å². The first-order valence-electron chi connectivity index (χ1n) is 4.49. The van der Waals surface area contributed by atoms with Gasteiger partial charge in [-0.15, -0.1) is 10.2 Å². The molecule has 0 fully saturated rings. The summed E-state index contributed by atoms with van der Waals surface area (Å²) in [5, 5.41) is 7.51. The molecule has 0 aliphatic carbocycles. The van der Waals surface area contributed by atoms with Gasteiger partial charge in [0.1, 0.15) is 0 Å². The zero-order valence-corrected chi connectivity index (χ0v) is 10.1. The van der Waals surface area contributed by atoms with Crippen LogP contribution in [0.4, 0.5) is 5.82 Å². The molecule has 1 rings (SSSR count). The Morgan fingerprint density at radius 3 is 2.73 bits per heavy atom. The number of nitrogens with zero attached hydrogens (tertiary/aromatic N) is 4. The number of hydrogen-bond acceptors (Lipinski definition) is 5. The molecule has 84 valence electrons. The molecule has 0 amide bonds. The molecule has 0 unspecified atom stereocenters. The molecule has 0 saturated carbocycles. The highest BCUT2D eigenvalue weighted by Gasteiger charge is 2.10. The molecule has 0 aromatic carbocycles. The van der Waals surface area contributed by atoms with E-state index in [1.807, 2.05) is 18.9 Å². The van der Waals surface area contributed by atoms with Gasteiger partial charge < -0.3 is 9.64 Å². The molecule has 0 saturated heterocycles. The lowest BCUT2D eigenvalue weighted by atomic mass is 10.5. The molecule has 15 heavy (non-hydrogen) atoms. The Balaban J connectivity index is 2.64. The van der Waals surface area contributed by atoms with E-state index in [0.717, 1.165) is 0 Å². The predicted molar refractivity (Wildman–Crippen MR) is 59.6 cm³/mol. The van der Waals surface area contributed by atoms with Gasteiger partial charge in [0, 0.05) is 20.2 Å². The van der Waals surface area contributed by atoms with Gasteiger partial charge in [-0.3, -0.25) is 0 Å². The monoisotopic (exact) mass is 250 g/mol. The summed E-state index contributed by atoms with van der Waals surface area (Å²) in [6.45, 7) is 3.90. The number of likely N-dealkylation sites (N-methyl/N-ethyl adjacent to an activating group) is 1. The maximum Gasteiger partial charge on any atom is 0.245 e. The first-order valence-corrected chi connectivity index (χ1v) is 5.25. The van der Waals surface area contributed by atoms with Crippen LogP contribution in [0.5, 0.6) is 0 Å². The quantitative estimate of drug-likeness (QED) is 0.745. The van der Waals surface area contributed by atoms with Gasteiger partial charge in [-0.05, 0) is 18.5 Å². The van der Waals surface area contributed by atoms with Crippen LogP contribution in [-0.2, 0) is 4.74 Å². The molecule has 5 nitrogen and oxygen atoms in total. The Morgan fingerprint density at radius 1 is 1.33 bits per heavy atom. The number of hydrogen-bond donors (Lipinski definition) is 0. The topological polar surface area (TPSA) is 51.1 Å². The number of rotatable bonds is 5. The van der Waals surface area contributed by atoms with Crippen LogP contribution >= 0.6 is 23.2 Å². The third kappa shape index (κ3) is 3.77. The molecule has 1 aromatic heterocycles. The van der Waals surface area contributed by atoms with E-state index in [9.17, 15) is 0 Å². The average molecular weight is 251 g/mol. The highest BCUT2D eigenvalue weighted by Crippen LogP contribution is 2.19. The van der Waals surface area contributed by atoms with Gasteiger partial charge in [-0.1, -0.05) is 11.6 Å². The minimum Gasteiger partial charge on any atom is -0.380 e. The molecule has 0 spiro atoms. The largest absolute Gasteiger partial charge is 0.380 e. The van der Waals surface area contributed by atoms with Crippen LogP contribution in [0.25, 0.3) is 0 Å². The van der Waals surface area contributed by atoms with Crippen LogP contribution in [0.15, 0.2) is 0 Å². The van der Waals surface area contributed by atoms with E-state index >= 15 is 0 Å². The SMILES string of the molecule is CCOCCN(C)c1nc(Cl)nnc1Cl. The highest BCUT2D eigenvalue weighted by molar-refractivity contribution is 6.32. The average Bonchev–Trinajstić information content (AvgIpc) is 2.22. The van der Waals surface area contributed by atoms with Crippen LogP contribution in [0.1, 0.15) is 6.92 Å².